The van der Waals surface area contributed by atoms with Gasteiger partial charge in [0.25, 0.3) is 0 Å². The van der Waals surface area contributed by atoms with Gasteiger partial charge in [0.2, 0.25) is 5.91 Å². The average Bonchev–Trinajstić information content (AvgIpc) is 2.33. The highest BCUT2D eigenvalue weighted by atomic mass is 35.5. The summed E-state index contributed by atoms with van der Waals surface area (Å²) >= 11 is 6.11. The largest absolute Gasteiger partial charge is 0.399 e. The van der Waals surface area contributed by atoms with Gasteiger partial charge in [-0.25, -0.2) is 0 Å². The van der Waals surface area contributed by atoms with E-state index in [1.54, 1.807) is 12.1 Å². The molecule has 1 aromatic rings. The van der Waals surface area contributed by atoms with Crippen LogP contribution in [0.1, 0.15) is 19.4 Å². The molecule has 0 spiro atoms. The second-order valence-electron chi connectivity index (χ2n) is 4.11. The Bertz CT molecular complexity index is 409. The molecule has 0 bridgehead atoms. The molecule has 0 atom stereocenters. The van der Waals surface area contributed by atoms with Crippen molar-refractivity contribution in [2.24, 2.45) is 0 Å². The van der Waals surface area contributed by atoms with Gasteiger partial charge in [0, 0.05) is 23.8 Å². The minimum absolute atomic E-state index is 0.0272. The maximum atomic E-state index is 11.5. The minimum Gasteiger partial charge on any atom is -0.399 e. The summed E-state index contributed by atoms with van der Waals surface area (Å²) in [6.45, 7) is 6.34. The summed E-state index contributed by atoms with van der Waals surface area (Å²) in [7, 11) is 0. The van der Waals surface area contributed by atoms with Gasteiger partial charge in [0.05, 0.1) is 6.54 Å². The predicted octanol–water partition coefficient (Wildman–Crippen LogP) is 1.88. The molecule has 0 radical (unpaired) electrons. The molecule has 0 unspecified atom stereocenters. The number of nitrogens with one attached hydrogen (secondary N) is 1. The third kappa shape index (κ3) is 4.55. The van der Waals surface area contributed by atoms with E-state index in [2.05, 4.69) is 5.32 Å². The second-order valence-corrected chi connectivity index (χ2v) is 4.51. The Morgan fingerprint density at radius 3 is 2.78 bits per heavy atom. The van der Waals surface area contributed by atoms with Crippen LogP contribution in [0, 0.1) is 0 Å². The number of nitrogen functional groups attached to an aromatic ring is 1. The van der Waals surface area contributed by atoms with E-state index in [9.17, 15) is 4.79 Å². The summed E-state index contributed by atoms with van der Waals surface area (Å²) in [6, 6.07) is 5.40. The molecule has 18 heavy (non-hydrogen) atoms. The number of rotatable bonds is 6. The third-order valence-electron chi connectivity index (χ3n) is 2.65. The zero-order valence-electron chi connectivity index (χ0n) is 10.9. The van der Waals surface area contributed by atoms with Crippen LogP contribution in [0.4, 0.5) is 5.69 Å². The van der Waals surface area contributed by atoms with Gasteiger partial charge in [0.15, 0.2) is 0 Å². The first kappa shape index (κ1) is 14.8. The molecule has 0 fully saturated rings. The Labute approximate surface area is 113 Å². The molecule has 0 aliphatic heterocycles. The topological polar surface area (TPSA) is 58.4 Å². The van der Waals surface area contributed by atoms with Crippen molar-refractivity contribution in [3.8, 4) is 0 Å². The molecule has 0 saturated heterocycles. The van der Waals surface area contributed by atoms with E-state index in [-0.39, 0.29) is 5.91 Å². The number of likely N-dealkylation sites (N-methyl/N-ethyl adjacent to an activating group) is 2. The number of anilines is 1. The van der Waals surface area contributed by atoms with Gasteiger partial charge in [-0.3, -0.25) is 9.69 Å². The highest BCUT2D eigenvalue weighted by Crippen LogP contribution is 2.20. The SMILES string of the molecule is CCNC(=O)CN(CC)Cc1cc(N)ccc1Cl. The highest BCUT2D eigenvalue weighted by Gasteiger charge is 2.11. The summed E-state index contributed by atoms with van der Waals surface area (Å²) in [6.07, 6.45) is 0. The molecular formula is C13H20ClN3O. The van der Waals surface area contributed by atoms with Gasteiger partial charge < -0.3 is 11.1 Å². The third-order valence-corrected chi connectivity index (χ3v) is 3.02. The van der Waals surface area contributed by atoms with Gasteiger partial charge in [-0.1, -0.05) is 18.5 Å². The van der Waals surface area contributed by atoms with Crippen molar-refractivity contribution in [1.29, 1.82) is 0 Å². The molecule has 1 aromatic carbocycles. The number of carbonyl (C=O) groups is 1. The van der Waals surface area contributed by atoms with Crippen molar-refractivity contribution >= 4 is 23.2 Å². The second kappa shape index (κ2) is 7.24. The number of halogens is 1. The molecule has 0 heterocycles. The monoisotopic (exact) mass is 269 g/mol. The predicted molar refractivity (Wildman–Crippen MR) is 75.5 cm³/mol. The van der Waals surface area contributed by atoms with Crippen LogP contribution in [0.5, 0.6) is 0 Å². The van der Waals surface area contributed by atoms with E-state index in [1.807, 2.05) is 24.8 Å². The Kier molecular flexibility index (Phi) is 5.95. The lowest BCUT2D eigenvalue weighted by Crippen LogP contribution is -2.36. The van der Waals surface area contributed by atoms with Crippen LogP contribution in [0.15, 0.2) is 18.2 Å². The number of carbonyl (C=O) groups excluding carboxylic acids is 1. The Morgan fingerprint density at radius 2 is 2.17 bits per heavy atom. The van der Waals surface area contributed by atoms with E-state index in [4.69, 9.17) is 17.3 Å². The van der Waals surface area contributed by atoms with Crippen molar-refractivity contribution in [1.82, 2.24) is 10.2 Å². The summed E-state index contributed by atoms with van der Waals surface area (Å²) < 4.78 is 0. The summed E-state index contributed by atoms with van der Waals surface area (Å²) in [5, 5.41) is 3.46. The Hall–Kier alpha value is -1.26. The van der Waals surface area contributed by atoms with E-state index in [0.717, 1.165) is 12.1 Å². The van der Waals surface area contributed by atoms with Gasteiger partial charge in [-0.15, -0.1) is 0 Å². The fourth-order valence-corrected chi connectivity index (χ4v) is 1.87. The van der Waals surface area contributed by atoms with Crippen LogP contribution in [0.2, 0.25) is 5.02 Å². The van der Waals surface area contributed by atoms with Crippen LogP contribution in [-0.4, -0.2) is 30.4 Å². The molecule has 5 heteroatoms. The zero-order valence-corrected chi connectivity index (χ0v) is 11.6. The molecule has 4 nitrogen and oxygen atoms in total. The van der Waals surface area contributed by atoms with Crippen LogP contribution in [0.25, 0.3) is 0 Å². The number of benzene rings is 1. The quantitative estimate of drug-likeness (QED) is 0.776. The van der Waals surface area contributed by atoms with Gasteiger partial charge in [-0.05, 0) is 37.2 Å². The Balaban J connectivity index is 2.67. The van der Waals surface area contributed by atoms with E-state index in [0.29, 0.717) is 30.3 Å². The number of nitrogens with two attached hydrogens (primary N) is 1. The first-order valence-electron chi connectivity index (χ1n) is 6.09. The normalized spacial score (nSPS) is 10.7. The van der Waals surface area contributed by atoms with Gasteiger partial charge in [-0.2, -0.15) is 0 Å². The number of nitrogens with zero attached hydrogens (tertiary/aromatic N) is 1. The maximum Gasteiger partial charge on any atom is 0.234 e. The first-order chi connectivity index (χ1) is 8.56. The van der Waals surface area contributed by atoms with E-state index >= 15 is 0 Å². The molecule has 0 aliphatic carbocycles. The summed E-state index contributed by atoms with van der Waals surface area (Å²) in [5.41, 5.74) is 7.37. The van der Waals surface area contributed by atoms with Crippen molar-refractivity contribution in [3.63, 3.8) is 0 Å². The lowest BCUT2D eigenvalue weighted by molar-refractivity contribution is -0.122. The smallest absolute Gasteiger partial charge is 0.234 e. The number of hydrogen-bond donors (Lipinski definition) is 2. The van der Waals surface area contributed by atoms with E-state index in [1.165, 1.54) is 0 Å². The summed E-state index contributed by atoms with van der Waals surface area (Å²) in [4.78, 5) is 13.6. The molecule has 3 N–H and O–H groups in total. The maximum absolute atomic E-state index is 11.5. The van der Waals surface area contributed by atoms with Crippen LogP contribution < -0.4 is 11.1 Å². The molecule has 0 aliphatic rings. The molecule has 0 aromatic heterocycles. The van der Waals surface area contributed by atoms with Gasteiger partial charge in [0.1, 0.15) is 0 Å². The van der Waals surface area contributed by atoms with Crippen molar-refractivity contribution in [2.45, 2.75) is 20.4 Å². The van der Waals surface area contributed by atoms with Crippen molar-refractivity contribution in [2.75, 3.05) is 25.4 Å². The number of amides is 1. The first-order valence-corrected chi connectivity index (χ1v) is 6.47. The fraction of sp³-hybridized carbons (Fsp3) is 0.462. The van der Waals surface area contributed by atoms with Crippen molar-refractivity contribution < 1.29 is 4.79 Å². The molecule has 1 amide bonds. The standard InChI is InChI=1S/C13H20ClN3O/c1-3-16-13(18)9-17(4-2)8-10-7-11(15)5-6-12(10)14/h5-7H,3-4,8-9,15H2,1-2H3,(H,16,18). The molecule has 100 valence electrons. The lowest BCUT2D eigenvalue weighted by Gasteiger charge is -2.20. The van der Waals surface area contributed by atoms with E-state index < -0.39 is 0 Å². The van der Waals surface area contributed by atoms with Crippen LogP contribution in [-0.2, 0) is 11.3 Å². The summed E-state index contributed by atoms with van der Waals surface area (Å²) in [5.74, 6) is 0.0272. The Morgan fingerprint density at radius 1 is 1.44 bits per heavy atom. The minimum atomic E-state index is 0.0272. The van der Waals surface area contributed by atoms with Crippen LogP contribution >= 0.6 is 11.6 Å². The van der Waals surface area contributed by atoms with Crippen molar-refractivity contribution in [3.05, 3.63) is 28.8 Å². The fourth-order valence-electron chi connectivity index (χ4n) is 1.69. The lowest BCUT2D eigenvalue weighted by atomic mass is 10.2. The van der Waals surface area contributed by atoms with Crippen LogP contribution in [0.3, 0.4) is 0 Å². The molecule has 0 saturated carbocycles. The highest BCUT2D eigenvalue weighted by molar-refractivity contribution is 6.31. The number of hydrogen-bond acceptors (Lipinski definition) is 3. The molecule has 1 rings (SSSR count). The average molecular weight is 270 g/mol. The van der Waals surface area contributed by atoms with Gasteiger partial charge >= 0.3 is 0 Å². The molecular weight excluding hydrogens is 250 g/mol. The zero-order chi connectivity index (χ0) is 13.5.